The maximum absolute atomic E-state index is 12.4. The van der Waals surface area contributed by atoms with Gasteiger partial charge in [-0.3, -0.25) is 9.59 Å². The molecule has 2 N–H and O–H groups in total. The molecule has 0 radical (unpaired) electrons. The van der Waals surface area contributed by atoms with E-state index in [-0.39, 0.29) is 17.7 Å². The Kier molecular flexibility index (Phi) is 4.47. The van der Waals surface area contributed by atoms with Gasteiger partial charge >= 0.3 is 0 Å². The SMILES string of the molecule is O=C(NCCc1c[nH]c2ccccc12)[C@@H]1CC(=O)N(C2CCCC2)C1. The Bertz CT molecular complexity index is 776. The highest BCUT2D eigenvalue weighted by Gasteiger charge is 2.38. The summed E-state index contributed by atoms with van der Waals surface area (Å²) in [7, 11) is 0. The van der Waals surface area contributed by atoms with E-state index in [2.05, 4.69) is 22.4 Å². The number of carbonyl (C=O) groups is 2. The molecule has 1 saturated carbocycles. The fraction of sp³-hybridized carbons (Fsp3) is 0.500. The highest BCUT2D eigenvalue weighted by atomic mass is 16.2. The number of likely N-dealkylation sites (tertiary alicyclic amines) is 1. The summed E-state index contributed by atoms with van der Waals surface area (Å²) < 4.78 is 0. The van der Waals surface area contributed by atoms with Crippen molar-refractivity contribution >= 4 is 22.7 Å². The predicted octanol–water partition coefficient (Wildman–Crippen LogP) is 2.62. The van der Waals surface area contributed by atoms with Crippen molar-refractivity contribution in [2.75, 3.05) is 13.1 Å². The van der Waals surface area contributed by atoms with Crippen LogP contribution in [0.5, 0.6) is 0 Å². The Hall–Kier alpha value is -2.30. The van der Waals surface area contributed by atoms with Crippen LogP contribution in [-0.2, 0) is 16.0 Å². The van der Waals surface area contributed by atoms with Crippen molar-refractivity contribution in [1.29, 1.82) is 0 Å². The maximum Gasteiger partial charge on any atom is 0.225 e. The van der Waals surface area contributed by atoms with Gasteiger partial charge in [0.1, 0.15) is 0 Å². The molecule has 2 aromatic rings. The topological polar surface area (TPSA) is 65.2 Å². The largest absolute Gasteiger partial charge is 0.361 e. The molecule has 1 saturated heterocycles. The van der Waals surface area contributed by atoms with E-state index in [1.54, 1.807) is 0 Å². The van der Waals surface area contributed by atoms with Crippen molar-refractivity contribution in [3.63, 3.8) is 0 Å². The number of hydrogen-bond donors (Lipinski definition) is 2. The zero-order chi connectivity index (χ0) is 17.2. The van der Waals surface area contributed by atoms with Gasteiger partial charge < -0.3 is 15.2 Å². The number of aromatic nitrogens is 1. The third-order valence-electron chi connectivity index (χ3n) is 5.66. The number of rotatable bonds is 5. The first-order chi connectivity index (χ1) is 12.2. The molecule has 0 spiro atoms. The van der Waals surface area contributed by atoms with Crippen molar-refractivity contribution in [2.45, 2.75) is 44.6 Å². The number of para-hydroxylation sites is 1. The van der Waals surface area contributed by atoms with Crippen LogP contribution in [-0.4, -0.2) is 40.8 Å². The second-order valence-corrected chi connectivity index (χ2v) is 7.29. The van der Waals surface area contributed by atoms with Crippen molar-refractivity contribution in [2.24, 2.45) is 5.92 Å². The van der Waals surface area contributed by atoms with Crippen LogP contribution in [0.2, 0.25) is 0 Å². The molecule has 1 aliphatic carbocycles. The summed E-state index contributed by atoms with van der Waals surface area (Å²) in [6.07, 6.45) is 7.78. The number of amides is 2. The van der Waals surface area contributed by atoms with E-state index in [4.69, 9.17) is 0 Å². The molecule has 2 aliphatic rings. The number of nitrogens with one attached hydrogen (secondary N) is 2. The summed E-state index contributed by atoms with van der Waals surface area (Å²) in [5.41, 5.74) is 2.34. The van der Waals surface area contributed by atoms with Crippen LogP contribution in [0.25, 0.3) is 10.9 Å². The molecule has 2 heterocycles. The molecular weight excluding hydrogens is 314 g/mol. The van der Waals surface area contributed by atoms with Gasteiger partial charge in [-0.2, -0.15) is 0 Å². The first-order valence-corrected chi connectivity index (χ1v) is 9.34. The third-order valence-corrected chi connectivity index (χ3v) is 5.66. The molecule has 2 amide bonds. The first-order valence-electron chi connectivity index (χ1n) is 9.34. The Morgan fingerprint density at radius 3 is 2.88 bits per heavy atom. The standard InChI is InChI=1S/C20H25N3O2/c24-19-11-15(13-23(19)16-5-1-2-6-16)20(25)21-10-9-14-12-22-18-8-4-3-7-17(14)18/h3-4,7-8,12,15-16,22H,1-2,5-6,9-11,13H2,(H,21,25)/t15-/m1/s1. The van der Waals surface area contributed by atoms with Crippen molar-refractivity contribution in [1.82, 2.24) is 15.2 Å². The molecule has 2 fully saturated rings. The van der Waals surface area contributed by atoms with Crippen molar-refractivity contribution in [3.8, 4) is 0 Å². The van der Waals surface area contributed by atoms with E-state index in [9.17, 15) is 9.59 Å². The van der Waals surface area contributed by atoms with E-state index in [0.717, 1.165) is 24.8 Å². The van der Waals surface area contributed by atoms with Gasteiger partial charge in [0.15, 0.2) is 0 Å². The molecule has 25 heavy (non-hydrogen) atoms. The number of aromatic amines is 1. The van der Waals surface area contributed by atoms with Crippen LogP contribution < -0.4 is 5.32 Å². The van der Waals surface area contributed by atoms with Gasteiger partial charge in [0, 0.05) is 42.7 Å². The molecule has 1 aromatic carbocycles. The van der Waals surface area contributed by atoms with E-state index >= 15 is 0 Å². The van der Waals surface area contributed by atoms with Gasteiger partial charge in [-0.05, 0) is 30.9 Å². The minimum absolute atomic E-state index is 0.0219. The van der Waals surface area contributed by atoms with Gasteiger partial charge in [-0.1, -0.05) is 31.0 Å². The van der Waals surface area contributed by atoms with E-state index in [1.165, 1.54) is 23.8 Å². The number of fused-ring (bicyclic) bond motifs is 1. The molecule has 5 heteroatoms. The zero-order valence-electron chi connectivity index (χ0n) is 14.5. The third kappa shape index (κ3) is 3.28. The molecule has 132 valence electrons. The normalized spacial score (nSPS) is 21.4. The number of benzene rings is 1. The quantitative estimate of drug-likeness (QED) is 0.879. The van der Waals surface area contributed by atoms with Crippen LogP contribution in [0.4, 0.5) is 0 Å². The lowest BCUT2D eigenvalue weighted by Gasteiger charge is -2.23. The van der Waals surface area contributed by atoms with E-state index in [0.29, 0.717) is 25.6 Å². The monoisotopic (exact) mass is 339 g/mol. The van der Waals surface area contributed by atoms with Crippen LogP contribution in [0.1, 0.15) is 37.7 Å². The van der Waals surface area contributed by atoms with Gasteiger partial charge in [0.05, 0.1) is 5.92 Å². The molecular formula is C20H25N3O2. The second-order valence-electron chi connectivity index (χ2n) is 7.29. The summed E-state index contributed by atoms with van der Waals surface area (Å²) in [5, 5.41) is 4.24. The molecule has 1 aromatic heterocycles. The number of H-pyrrole nitrogens is 1. The average Bonchev–Trinajstić information content (AvgIpc) is 3.34. The summed E-state index contributed by atoms with van der Waals surface area (Å²) >= 11 is 0. The summed E-state index contributed by atoms with van der Waals surface area (Å²) in [5.74, 6) is -0.00608. The molecule has 4 rings (SSSR count). The fourth-order valence-electron chi connectivity index (χ4n) is 4.28. The summed E-state index contributed by atoms with van der Waals surface area (Å²) in [4.78, 5) is 29.9. The van der Waals surface area contributed by atoms with Crippen LogP contribution >= 0.6 is 0 Å². The number of nitrogens with zero attached hydrogens (tertiary/aromatic N) is 1. The van der Waals surface area contributed by atoms with Crippen LogP contribution in [0, 0.1) is 5.92 Å². The lowest BCUT2D eigenvalue weighted by atomic mass is 10.1. The maximum atomic E-state index is 12.4. The van der Waals surface area contributed by atoms with Gasteiger partial charge in [-0.15, -0.1) is 0 Å². The minimum Gasteiger partial charge on any atom is -0.361 e. The van der Waals surface area contributed by atoms with Crippen molar-refractivity contribution < 1.29 is 9.59 Å². The Balaban J connectivity index is 1.30. The van der Waals surface area contributed by atoms with E-state index in [1.807, 2.05) is 23.2 Å². The van der Waals surface area contributed by atoms with E-state index < -0.39 is 0 Å². The molecule has 1 atom stereocenters. The molecule has 1 aliphatic heterocycles. The average molecular weight is 339 g/mol. The Morgan fingerprint density at radius 1 is 1.24 bits per heavy atom. The second kappa shape index (κ2) is 6.90. The lowest BCUT2D eigenvalue weighted by molar-refractivity contribution is -0.130. The smallest absolute Gasteiger partial charge is 0.225 e. The van der Waals surface area contributed by atoms with Gasteiger partial charge in [-0.25, -0.2) is 0 Å². The highest BCUT2D eigenvalue weighted by Crippen LogP contribution is 2.29. The summed E-state index contributed by atoms with van der Waals surface area (Å²) in [6, 6.07) is 8.56. The van der Waals surface area contributed by atoms with Crippen LogP contribution in [0.15, 0.2) is 30.5 Å². The Labute approximate surface area is 147 Å². The molecule has 5 nitrogen and oxygen atoms in total. The highest BCUT2D eigenvalue weighted by molar-refractivity contribution is 5.89. The van der Waals surface area contributed by atoms with Gasteiger partial charge in [0.2, 0.25) is 11.8 Å². The minimum atomic E-state index is -0.184. The molecule has 0 unspecified atom stereocenters. The van der Waals surface area contributed by atoms with Crippen LogP contribution in [0.3, 0.4) is 0 Å². The lowest BCUT2D eigenvalue weighted by Crippen LogP contribution is -2.37. The number of carbonyl (C=O) groups excluding carboxylic acids is 2. The Morgan fingerprint density at radius 2 is 2.04 bits per heavy atom. The fourth-order valence-corrected chi connectivity index (χ4v) is 4.28. The predicted molar refractivity (Wildman–Crippen MR) is 97.1 cm³/mol. The first kappa shape index (κ1) is 16.2. The number of hydrogen-bond acceptors (Lipinski definition) is 2. The van der Waals surface area contributed by atoms with Gasteiger partial charge in [0.25, 0.3) is 0 Å². The molecule has 0 bridgehead atoms. The summed E-state index contributed by atoms with van der Waals surface area (Å²) in [6.45, 7) is 1.21. The zero-order valence-corrected chi connectivity index (χ0v) is 14.5. The van der Waals surface area contributed by atoms with Crippen molar-refractivity contribution in [3.05, 3.63) is 36.0 Å².